The first-order chi connectivity index (χ1) is 5.74. The molecule has 0 spiro atoms. The summed E-state index contributed by atoms with van der Waals surface area (Å²) < 4.78 is 5.48. The second-order valence-corrected chi connectivity index (χ2v) is 3.48. The molecule has 0 unspecified atom stereocenters. The van der Waals surface area contributed by atoms with E-state index in [0.717, 1.165) is 24.5 Å². The Morgan fingerprint density at radius 1 is 1.58 bits per heavy atom. The molecule has 0 radical (unpaired) electrons. The number of hydrogen-bond acceptors (Lipinski definition) is 2. The Hall–Kier alpha value is -0.500. The summed E-state index contributed by atoms with van der Waals surface area (Å²) in [5.41, 5.74) is 0. The lowest BCUT2D eigenvalue weighted by molar-refractivity contribution is 0.437. The topological polar surface area (TPSA) is 26.0 Å². The molecule has 0 saturated carbocycles. The number of aromatic nitrogens is 1. The molecule has 1 aromatic heterocycles. The first kappa shape index (κ1) is 9.59. The van der Waals surface area contributed by atoms with Crippen LogP contribution in [0.3, 0.4) is 0 Å². The van der Waals surface area contributed by atoms with E-state index in [1.807, 2.05) is 0 Å². The van der Waals surface area contributed by atoms with Crippen LogP contribution in [-0.2, 0) is 6.42 Å². The fourth-order valence-corrected chi connectivity index (χ4v) is 1.06. The van der Waals surface area contributed by atoms with Gasteiger partial charge in [-0.05, 0) is 6.42 Å². The highest BCUT2D eigenvalue weighted by Gasteiger charge is 2.06. The maximum absolute atomic E-state index is 5.55. The van der Waals surface area contributed by atoms with Gasteiger partial charge in [-0.25, -0.2) is 4.98 Å². The molecule has 0 N–H and O–H groups in total. The Morgan fingerprint density at radius 2 is 2.33 bits per heavy atom. The van der Waals surface area contributed by atoms with Crippen LogP contribution in [0.2, 0.25) is 0 Å². The Kier molecular flexibility index (Phi) is 3.60. The van der Waals surface area contributed by atoms with Gasteiger partial charge in [0.05, 0.1) is 6.20 Å². The van der Waals surface area contributed by atoms with Crippen LogP contribution in [-0.4, -0.2) is 10.9 Å². The van der Waals surface area contributed by atoms with Gasteiger partial charge in [0, 0.05) is 18.2 Å². The average molecular weight is 188 g/mol. The Bertz CT molecular complexity index is 232. The zero-order chi connectivity index (χ0) is 8.97. The molecule has 1 rings (SSSR count). The number of rotatable bonds is 4. The van der Waals surface area contributed by atoms with Gasteiger partial charge >= 0.3 is 0 Å². The molecular weight excluding hydrogens is 174 g/mol. The van der Waals surface area contributed by atoms with E-state index in [9.17, 15) is 0 Å². The van der Waals surface area contributed by atoms with Crippen molar-refractivity contribution in [3.8, 4) is 0 Å². The largest absolute Gasteiger partial charge is 0.445 e. The second-order valence-electron chi connectivity index (χ2n) is 3.10. The first-order valence-corrected chi connectivity index (χ1v) is 4.78. The fourth-order valence-electron chi connectivity index (χ4n) is 0.925. The number of alkyl halides is 1. The van der Waals surface area contributed by atoms with Crippen molar-refractivity contribution in [2.24, 2.45) is 0 Å². The molecule has 1 heterocycles. The van der Waals surface area contributed by atoms with E-state index < -0.39 is 0 Å². The third kappa shape index (κ3) is 2.52. The monoisotopic (exact) mass is 187 g/mol. The Balaban J connectivity index is 2.52. The van der Waals surface area contributed by atoms with Gasteiger partial charge in [-0.2, -0.15) is 0 Å². The van der Waals surface area contributed by atoms with Crippen LogP contribution in [0.5, 0.6) is 0 Å². The highest BCUT2D eigenvalue weighted by Crippen LogP contribution is 2.15. The van der Waals surface area contributed by atoms with Crippen LogP contribution in [0, 0.1) is 0 Å². The summed E-state index contributed by atoms with van der Waals surface area (Å²) >= 11 is 5.55. The smallest absolute Gasteiger partial charge is 0.194 e. The summed E-state index contributed by atoms with van der Waals surface area (Å²) in [6, 6.07) is 0. The van der Waals surface area contributed by atoms with Gasteiger partial charge in [-0.3, -0.25) is 0 Å². The van der Waals surface area contributed by atoms with Gasteiger partial charge in [0.2, 0.25) is 0 Å². The summed E-state index contributed by atoms with van der Waals surface area (Å²) in [6.07, 6.45) is 3.57. The van der Waals surface area contributed by atoms with Gasteiger partial charge in [0.15, 0.2) is 5.89 Å². The number of halogens is 1. The predicted octanol–water partition coefficient (Wildman–Crippen LogP) is 2.97. The normalized spacial score (nSPS) is 11.0. The van der Waals surface area contributed by atoms with Crippen molar-refractivity contribution in [2.45, 2.75) is 32.6 Å². The number of oxazole rings is 1. The van der Waals surface area contributed by atoms with E-state index in [2.05, 4.69) is 18.8 Å². The SMILES string of the molecule is CC(C)c1cnc(CCCCl)o1. The van der Waals surface area contributed by atoms with Crippen molar-refractivity contribution in [1.82, 2.24) is 4.98 Å². The molecule has 3 heteroatoms. The minimum Gasteiger partial charge on any atom is -0.445 e. The number of hydrogen-bond donors (Lipinski definition) is 0. The molecule has 0 fully saturated rings. The molecule has 0 saturated heterocycles. The van der Waals surface area contributed by atoms with E-state index in [0.29, 0.717) is 11.8 Å². The van der Waals surface area contributed by atoms with Gasteiger partial charge in [0.1, 0.15) is 5.76 Å². The molecule has 0 amide bonds. The third-order valence-corrected chi connectivity index (χ3v) is 1.93. The molecule has 1 aromatic rings. The van der Waals surface area contributed by atoms with Crippen LogP contribution >= 0.6 is 11.6 Å². The van der Waals surface area contributed by atoms with Crippen LogP contribution in [0.25, 0.3) is 0 Å². The molecule has 0 atom stereocenters. The molecule has 0 bridgehead atoms. The summed E-state index contributed by atoms with van der Waals surface area (Å²) in [5, 5.41) is 0. The quantitative estimate of drug-likeness (QED) is 0.678. The van der Waals surface area contributed by atoms with Crippen molar-refractivity contribution in [1.29, 1.82) is 0 Å². The van der Waals surface area contributed by atoms with E-state index in [4.69, 9.17) is 16.0 Å². The molecular formula is C9H14ClNO. The van der Waals surface area contributed by atoms with Gasteiger partial charge in [0.25, 0.3) is 0 Å². The third-order valence-electron chi connectivity index (χ3n) is 1.66. The maximum atomic E-state index is 5.55. The predicted molar refractivity (Wildman–Crippen MR) is 49.6 cm³/mol. The highest BCUT2D eigenvalue weighted by atomic mass is 35.5. The zero-order valence-electron chi connectivity index (χ0n) is 7.51. The summed E-state index contributed by atoms with van der Waals surface area (Å²) in [7, 11) is 0. The number of nitrogens with zero attached hydrogens (tertiary/aromatic N) is 1. The molecule has 0 aliphatic rings. The lowest BCUT2D eigenvalue weighted by Gasteiger charge is -1.96. The lowest BCUT2D eigenvalue weighted by Crippen LogP contribution is -1.85. The van der Waals surface area contributed by atoms with Crippen molar-refractivity contribution in [3.05, 3.63) is 17.8 Å². The molecule has 12 heavy (non-hydrogen) atoms. The van der Waals surface area contributed by atoms with Crippen LogP contribution in [0.1, 0.15) is 37.8 Å². The van der Waals surface area contributed by atoms with Crippen LogP contribution < -0.4 is 0 Å². The van der Waals surface area contributed by atoms with Crippen LogP contribution in [0.15, 0.2) is 10.6 Å². The summed E-state index contributed by atoms with van der Waals surface area (Å²) in [4.78, 5) is 4.15. The lowest BCUT2D eigenvalue weighted by atomic mass is 10.2. The minimum absolute atomic E-state index is 0.419. The highest BCUT2D eigenvalue weighted by molar-refractivity contribution is 6.17. The first-order valence-electron chi connectivity index (χ1n) is 4.24. The van der Waals surface area contributed by atoms with E-state index in [1.54, 1.807) is 6.20 Å². The standard InChI is InChI=1S/C9H14ClNO/c1-7(2)8-6-11-9(12-8)4-3-5-10/h6-7H,3-5H2,1-2H3. The average Bonchev–Trinajstić information content (AvgIpc) is 2.48. The van der Waals surface area contributed by atoms with E-state index in [1.165, 1.54) is 0 Å². The van der Waals surface area contributed by atoms with Crippen molar-refractivity contribution >= 4 is 11.6 Å². The Morgan fingerprint density at radius 3 is 2.83 bits per heavy atom. The summed E-state index contributed by atoms with van der Waals surface area (Å²) in [6.45, 7) is 4.18. The molecule has 0 aromatic carbocycles. The van der Waals surface area contributed by atoms with Crippen LogP contribution in [0.4, 0.5) is 0 Å². The van der Waals surface area contributed by atoms with Crippen molar-refractivity contribution in [3.63, 3.8) is 0 Å². The van der Waals surface area contributed by atoms with Gasteiger partial charge in [-0.15, -0.1) is 11.6 Å². The van der Waals surface area contributed by atoms with Gasteiger partial charge in [-0.1, -0.05) is 13.8 Å². The van der Waals surface area contributed by atoms with E-state index in [-0.39, 0.29) is 0 Å². The molecule has 0 aliphatic heterocycles. The zero-order valence-corrected chi connectivity index (χ0v) is 8.27. The van der Waals surface area contributed by atoms with Crippen molar-refractivity contribution in [2.75, 3.05) is 5.88 Å². The Labute approximate surface area is 77.9 Å². The molecule has 68 valence electrons. The number of aryl methyl sites for hydroxylation is 1. The molecule has 2 nitrogen and oxygen atoms in total. The fraction of sp³-hybridized carbons (Fsp3) is 0.667. The van der Waals surface area contributed by atoms with E-state index >= 15 is 0 Å². The summed E-state index contributed by atoms with van der Waals surface area (Å²) in [5.74, 6) is 2.85. The van der Waals surface area contributed by atoms with Crippen molar-refractivity contribution < 1.29 is 4.42 Å². The van der Waals surface area contributed by atoms with Gasteiger partial charge < -0.3 is 4.42 Å². The second kappa shape index (κ2) is 4.51. The maximum Gasteiger partial charge on any atom is 0.194 e. The molecule has 0 aliphatic carbocycles. The minimum atomic E-state index is 0.419.